The Kier molecular flexibility index (Phi) is 7.66. The van der Waals surface area contributed by atoms with Crippen LogP contribution in [-0.2, 0) is 9.53 Å². The van der Waals surface area contributed by atoms with Crippen molar-refractivity contribution in [2.45, 2.75) is 19.1 Å². The number of alkyl halides is 1. The van der Waals surface area contributed by atoms with E-state index in [1.54, 1.807) is 6.92 Å². The minimum atomic E-state index is -2.08. The predicted molar refractivity (Wildman–Crippen MR) is 76.5 cm³/mol. The molecule has 0 fully saturated rings. The normalized spacial score (nSPS) is 13.3. The van der Waals surface area contributed by atoms with Crippen molar-refractivity contribution in [3.8, 4) is 5.75 Å². The lowest BCUT2D eigenvalue weighted by Gasteiger charge is -2.18. The zero-order chi connectivity index (χ0) is 13.9. The van der Waals surface area contributed by atoms with E-state index >= 15 is 0 Å². The second kappa shape index (κ2) is 7.89. The molecule has 4 nitrogen and oxygen atoms in total. The Balaban J connectivity index is 0.00000324. The zero-order valence-electron chi connectivity index (χ0n) is 9.90. The first kappa shape index (κ1) is 18.4. The molecule has 1 unspecified atom stereocenters. The van der Waals surface area contributed by atoms with Crippen LogP contribution in [0.1, 0.15) is 18.5 Å². The van der Waals surface area contributed by atoms with Crippen LogP contribution in [0.3, 0.4) is 0 Å². The van der Waals surface area contributed by atoms with Crippen LogP contribution in [-0.4, -0.2) is 23.9 Å². The second-order valence-corrected chi connectivity index (χ2v) is 4.73. The highest BCUT2D eigenvalue weighted by molar-refractivity contribution is 9.10. The Morgan fingerprint density at radius 3 is 2.74 bits per heavy atom. The van der Waals surface area contributed by atoms with Crippen LogP contribution in [0.5, 0.6) is 5.75 Å². The number of rotatable bonds is 4. The van der Waals surface area contributed by atoms with Crippen molar-refractivity contribution in [2.75, 3.05) is 6.61 Å². The highest BCUT2D eigenvalue weighted by Crippen LogP contribution is 2.38. The number of hydrogen-bond donors (Lipinski definition) is 2. The third-order valence-corrected chi connectivity index (χ3v) is 3.27. The fraction of sp³-hybridized carbons (Fsp3) is 0.364. The average Bonchev–Trinajstić information content (AvgIpc) is 2.33. The van der Waals surface area contributed by atoms with E-state index in [1.165, 1.54) is 12.1 Å². The maximum absolute atomic E-state index is 13.8. The van der Waals surface area contributed by atoms with Gasteiger partial charge < -0.3 is 15.6 Å². The second-order valence-electron chi connectivity index (χ2n) is 3.47. The van der Waals surface area contributed by atoms with Crippen molar-refractivity contribution < 1.29 is 19.0 Å². The quantitative estimate of drug-likeness (QED) is 0.792. The number of halogens is 4. The molecule has 3 N–H and O–H groups in total. The van der Waals surface area contributed by atoms with E-state index in [1.807, 2.05) is 0 Å². The van der Waals surface area contributed by atoms with E-state index in [0.717, 1.165) is 0 Å². The van der Waals surface area contributed by atoms with Gasteiger partial charge in [0.25, 0.3) is 0 Å². The number of benzene rings is 1. The Morgan fingerprint density at radius 1 is 1.63 bits per heavy atom. The molecule has 1 rings (SSSR count). The third-order valence-electron chi connectivity index (χ3n) is 2.28. The van der Waals surface area contributed by atoms with E-state index < -0.39 is 18.2 Å². The highest BCUT2D eigenvalue weighted by atomic mass is 79.9. The number of hydrogen-bond acceptors (Lipinski definition) is 4. The Labute approximate surface area is 129 Å². The summed E-state index contributed by atoms with van der Waals surface area (Å²) in [7, 11) is 0. The summed E-state index contributed by atoms with van der Waals surface area (Å²) in [5.74, 6) is -1.43. The Morgan fingerprint density at radius 2 is 2.21 bits per heavy atom. The summed E-state index contributed by atoms with van der Waals surface area (Å²) >= 11 is 8.83. The van der Waals surface area contributed by atoms with Crippen LogP contribution in [0.4, 0.5) is 4.39 Å². The fourth-order valence-electron chi connectivity index (χ4n) is 1.39. The topological polar surface area (TPSA) is 72.5 Å². The minimum absolute atomic E-state index is 0. The van der Waals surface area contributed by atoms with E-state index in [2.05, 4.69) is 20.7 Å². The molecule has 0 bridgehead atoms. The molecular formula is C11H13BrCl2FNO3. The van der Waals surface area contributed by atoms with Gasteiger partial charge >= 0.3 is 5.97 Å². The SMILES string of the molecule is CCOC(=O)C(F)[C@@H](N)c1c(Br)ccc(Cl)c1O.Cl. The lowest BCUT2D eigenvalue weighted by atomic mass is 10.0. The first-order chi connectivity index (χ1) is 8.40. The van der Waals surface area contributed by atoms with Crippen molar-refractivity contribution >= 4 is 45.9 Å². The smallest absolute Gasteiger partial charge is 0.342 e. The van der Waals surface area contributed by atoms with Crippen molar-refractivity contribution in [3.63, 3.8) is 0 Å². The lowest BCUT2D eigenvalue weighted by Crippen LogP contribution is -2.31. The molecule has 0 saturated heterocycles. The number of esters is 1. The average molecular weight is 377 g/mol. The van der Waals surface area contributed by atoms with Gasteiger partial charge in [-0.3, -0.25) is 0 Å². The highest BCUT2D eigenvalue weighted by Gasteiger charge is 2.31. The van der Waals surface area contributed by atoms with Crippen LogP contribution in [0.15, 0.2) is 16.6 Å². The maximum Gasteiger partial charge on any atom is 0.342 e. The van der Waals surface area contributed by atoms with Gasteiger partial charge in [-0.1, -0.05) is 27.5 Å². The zero-order valence-corrected chi connectivity index (χ0v) is 13.1. The van der Waals surface area contributed by atoms with Gasteiger partial charge in [0, 0.05) is 10.0 Å². The predicted octanol–water partition coefficient (Wildman–Crippen LogP) is 3.13. The van der Waals surface area contributed by atoms with Crippen LogP contribution < -0.4 is 5.73 Å². The van der Waals surface area contributed by atoms with E-state index in [0.29, 0.717) is 4.47 Å². The molecule has 1 aromatic carbocycles. The standard InChI is InChI=1S/C11H12BrClFNO3.ClH/c1-2-18-11(17)8(14)9(15)7-5(12)3-4-6(13)10(7)16;/h3-4,8-9,16H,2,15H2,1H3;1H/t8?,9-;/m0./s1. The molecule has 1 aromatic rings. The van der Waals surface area contributed by atoms with Gasteiger partial charge in [-0.15, -0.1) is 12.4 Å². The van der Waals surface area contributed by atoms with Gasteiger partial charge in [0.05, 0.1) is 17.7 Å². The monoisotopic (exact) mass is 375 g/mol. The number of nitrogens with two attached hydrogens (primary N) is 1. The van der Waals surface area contributed by atoms with Crippen molar-refractivity contribution in [1.29, 1.82) is 0 Å². The fourth-order valence-corrected chi connectivity index (χ4v) is 2.14. The molecule has 108 valence electrons. The van der Waals surface area contributed by atoms with Gasteiger partial charge in [0.2, 0.25) is 6.17 Å². The summed E-state index contributed by atoms with van der Waals surface area (Å²) in [6.45, 7) is 1.61. The third kappa shape index (κ3) is 4.21. The Bertz CT molecular complexity index is 462. The molecule has 0 radical (unpaired) electrons. The minimum Gasteiger partial charge on any atom is -0.506 e. The summed E-state index contributed by atoms with van der Waals surface area (Å²) in [6.07, 6.45) is -2.08. The van der Waals surface area contributed by atoms with Gasteiger partial charge in [-0.2, -0.15) is 0 Å². The van der Waals surface area contributed by atoms with Crippen molar-refractivity contribution in [1.82, 2.24) is 0 Å². The maximum atomic E-state index is 13.8. The first-order valence-electron chi connectivity index (χ1n) is 5.13. The van der Waals surface area contributed by atoms with Crippen LogP contribution in [0, 0.1) is 0 Å². The number of carbonyl (C=O) groups is 1. The van der Waals surface area contributed by atoms with Gasteiger partial charge in [0.1, 0.15) is 5.75 Å². The molecule has 8 heteroatoms. The molecule has 0 aliphatic carbocycles. The number of aromatic hydroxyl groups is 1. The molecule has 0 heterocycles. The van der Waals surface area contributed by atoms with Crippen molar-refractivity contribution in [3.05, 3.63) is 27.2 Å². The molecule has 19 heavy (non-hydrogen) atoms. The molecule has 0 aliphatic heterocycles. The number of ether oxygens (including phenoxy) is 1. The summed E-state index contributed by atoms with van der Waals surface area (Å²) in [5, 5.41) is 9.78. The molecular weight excluding hydrogens is 364 g/mol. The molecule has 0 aromatic heterocycles. The molecule has 0 amide bonds. The van der Waals surface area contributed by atoms with Crippen LogP contribution in [0.2, 0.25) is 5.02 Å². The van der Waals surface area contributed by atoms with Gasteiger partial charge in [-0.05, 0) is 19.1 Å². The largest absolute Gasteiger partial charge is 0.506 e. The summed E-state index contributed by atoms with van der Waals surface area (Å²) in [6, 6.07) is 1.57. The van der Waals surface area contributed by atoms with Gasteiger partial charge in [0.15, 0.2) is 0 Å². The molecule has 0 aliphatic rings. The first-order valence-corrected chi connectivity index (χ1v) is 6.30. The van der Waals surface area contributed by atoms with Crippen LogP contribution in [0.25, 0.3) is 0 Å². The summed E-state index contributed by atoms with van der Waals surface area (Å²) < 4.78 is 18.7. The van der Waals surface area contributed by atoms with Gasteiger partial charge in [-0.25, -0.2) is 9.18 Å². The summed E-state index contributed by atoms with van der Waals surface area (Å²) in [4.78, 5) is 11.3. The van der Waals surface area contributed by atoms with Crippen molar-refractivity contribution in [2.24, 2.45) is 5.73 Å². The van der Waals surface area contributed by atoms with E-state index in [4.69, 9.17) is 17.3 Å². The number of carbonyl (C=O) groups excluding carboxylic acids is 1. The van der Waals surface area contributed by atoms with Crippen LogP contribution >= 0.6 is 39.9 Å². The molecule has 0 spiro atoms. The Hall–Kier alpha value is -0.560. The van der Waals surface area contributed by atoms with E-state index in [9.17, 15) is 14.3 Å². The summed E-state index contributed by atoms with van der Waals surface area (Å²) in [5.41, 5.74) is 5.65. The van der Waals surface area contributed by atoms with E-state index in [-0.39, 0.29) is 35.3 Å². The molecule has 0 saturated carbocycles. The number of phenolic OH excluding ortho intramolecular Hbond substituents is 1. The number of phenols is 1. The molecule has 2 atom stereocenters. The lowest BCUT2D eigenvalue weighted by molar-refractivity contribution is -0.149.